The average molecular weight is 211 g/mol. The molecule has 1 atom stereocenters. The fourth-order valence-corrected chi connectivity index (χ4v) is 1.43. The van der Waals surface area contributed by atoms with Crippen molar-refractivity contribution in [2.45, 2.75) is 32.9 Å². The van der Waals surface area contributed by atoms with Gasteiger partial charge in [0, 0.05) is 38.1 Å². The molecule has 0 aliphatic rings. The number of aryl methyl sites for hydroxylation is 1. The van der Waals surface area contributed by atoms with Crippen molar-refractivity contribution in [2.75, 3.05) is 20.3 Å². The Morgan fingerprint density at radius 3 is 3.00 bits per heavy atom. The van der Waals surface area contributed by atoms with Crippen molar-refractivity contribution >= 4 is 0 Å². The van der Waals surface area contributed by atoms with Crippen LogP contribution in [0.1, 0.15) is 31.9 Å². The Labute approximate surface area is 91.6 Å². The second-order valence-corrected chi connectivity index (χ2v) is 3.65. The van der Waals surface area contributed by atoms with Gasteiger partial charge in [-0.3, -0.25) is 4.68 Å². The molecule has 1 aromatic rings. The van der Waals surface area contributed by atoms with Crippen molar-refractivity contribution in [1.29, 1.82) is 0 Å². The Bertz CT molecular complexity index is 273. The largest absolute Gasteiger partial charge is 0.385 e. The van der Waals surface area contributed by atoms with Gasteiger partial charge in [0.2, 0.25) is 0 Å². The number of hydrogen-bond donors (Lipinski definition) is 1. The Morgan fingerprint density at radius 2 is 2.40 bits per heavy atom. The van der Waals surface area contributed by atoms with Gasteiger partial charge in [0.1, 0.15) is 0 Å². The molecule has 1 aromatic heterocycles. The zero-order chi connectivity index (χ0) is 11.1. The van der Waals surface area contributed by atoms with Crippen LogP contribution in [-0.4, -0.2) is 30.0 Å². The lowest BCUT2D eigenvalue weighted by Crippen LogP contribution is -2.20. The van der Waals surface area contributed by atoms with E-state index in [-0.39, 0.29) is 0 Å². The molecule has 0 aromatic carbocycles. The first-order valence-corrected chi connectivity index (χ1v) is 5.52. The first kappa shape index (κ1) is 12.2. The van der Waals surface area contributed by atoms with Gasteiger partial charge in [0.05, 0.1) is 6.20 Å². The molecule has 0 saturated heterocycles. The first-order chi connectivity index (χ1) is 7.27. The lowest BCUT2D eigenvalue weighted by atomic mass is 10.2. The van der Waals surface area contributed by atoms with Crippen LogP contribution in [-0.2, 0) is 11.3 Å². The first-order valence-electron chi connectivity index (χ1n) is 5.52. The standard InChI is InChI=1S/C11H21N3O/c1-4-14-9-11(8-13-14)10(2)12-6-5-7-15-3/h8-10,12H,4-7H2,1-3H3. The number of nitrogens with zero attached hydrogens (tertiary/aromatic N) is 2. The minimum absolute atomic E-state index is 0.363. The number of ether oxygens (including phenoxy) is 1. The molecule has 0 amide bonds. The molecule has 0 aliphatic heterocycles. The quantitative estimate of drug-likeness (QED) is 0.696. The Hall–Kier alpha value is -0.870. The third kappa shape index (κ3) is 4.01. The van der Waals surface area contributed by atoms with E-state index in [1.54, 1.807) is 7.11 Å². The van der Waals surface area contributed by atoms with Crippen LogP contribution >= 0.6 is 0 Å². The lowest BCUT2D eigenvalue weighted by molar-refractivity contribution is 0.193. The van der Waals surface area contributed by atoms with Crippen LogP contribution in [0.15, 0.2) is 12.4 Å². The molecule has 15 heavy (non-hydrogen) atoms. The van der Waals surface area contributed by atoms with Crippen LogP contribution in [0.2, 0.25) is 0 Å². The highest BCUT2D eigenvalue weighted by molar-refractivity contribution is 5.08. The maximum absolute atomic E-state index is 4.99. The Balaban J connectivity index is 2.29. The van der Waals surface area contributed by atoms with Crippen LogP contribution in [0.3, 0.4) is 0 Å². The van der Waals surface area contributed by atoms with Gasteiger partial charge in [-0.1, -0.05) is 0 Å². The number of nitrogens with one attached hydrogen (secondary N) is 1. The second kappa shape index (κ2) is 6.58. The van der Waals surface area contributed by atoms with Gasteiger partial charge >= 0.3 is 0 Å². The highest BCUT2D eigenvalue weighted by atomic mass is 16.5. The number of methoxy groups -OCH3 is 1. The number of rotatable bonds is 7. The molecule has 0 aliphatic carbocycles. The predicted molar refractivity (Wildman–Crippen MR) is 60.8 cm³/mol. The summed E-state index contributed by atoms with van der Waals surface area (Å²) in [5.41, 5.74) is 1.24. The maximum atomic E-state index is 4.99. The minimum Gasteiger partial charge on any atom is -0.385 e. The van der Waals surface area contributed by atoms with Gasteiger partial charge < -0.3 is 10.1 Å². The van der Waals surface area contributed by atoms with Crippen molar-refractivity contribution < 1.29 is 4.74 Å². The summed E-state index contributed by atoms with van der Waals surface area (Å²) in [4.78, 5) is 0. The van der Waals surface area contributed by atoms with E-state index < -0.39 is 0 Å². The van der Waals surface area contributed by atoms with Crippen LogP contribution in [0.4, 0.5) is 0 Å². The smallest absolute Gasteiger partial charge is 0.0537 e. The summed E-state index contributed by atoms with van der Waals surface area (Å²) in [5, 5.41) is 7.69. The molecule has 1 N–H and O–H groups in total. The Morgan fingerprint density at radius 1 is 1.60 bits per heavy atom. The summed E-state index contributed by atoms with van der Waals surface area (Å²) < 4.78 is 6.94. The zero-order valence-electron chi connectivity index (χ0n) is 9.86. The Kier molecular flexibility index (Phi) is 5.36. The number of aromatic nitrogens is 2. The summed E-state index contributed by atoms with van der Waals surface area (Å²) in [6, 6.07) is 0.363. The summed E-state index contributed by atoms with van der Waals surface area (Å²) in [7, 11) is 1.73. The summed E-state index contributed by atoms with van der Waals surface area (Å²) in [6.07, 6.45) is 5.06. The molecule has 4 heteroatoms. The van der Waals surface area contributed by atoms with Gasteiger partial charge in [-0.25, -0.2) is 0 Å². The molecular formula is C11H21N3O. The van der Waals surface area contributed by atoms with E-state index in [1.165, 1.54) is 5.56 Å². The van der Waals surface area contributed by atoms with Crippen molar-refractivity contribution in [2.24, 2.45) is 0 Å². The third-order valence-corrected chi connectivity index (χ3v) is 2.45. The van der Waals surface area contributed by atoms with Crippen LogP contribution < -0.4 is 5.32 Å². The van der Waals surface area contributed by atoms with Crippen molar-refractivity contribution in [1.82, 2.24) is 15.1 Å². The van der Waals surface area contributed by atoms with E-state index >= 15 is 0 Å². The molecule has 1 rings (SSSR count). The molecule has 0 saturated carbocycles. The summed E-state index contributed by atoms with van der Waals surface area (Å²) in [5.74, 6) is 0. The summed E-state index contributed by atoms with van der Waals surface area (Å²) in [6.45, 7) is 6.97. The van der Waals surface area contributed by atoms with Crippen LogP contribution in [0.5, 0.6) is 0 Å². The molecule has 86 valence electrons. The molecule has 0 radical (unpaired) electrons. The predicted octanol–water partition coefficient (Wildman–Crippen LogP) is 1.59. The van der Waals surface area contributed by atoms with E-state index in [4.69, 9.17) is 4.74 Å². The van der Waals surface area contributed by atoms with Crippen LogP contribution in [0.25, 0.3) is 0 Å². The molecular weight excluding hydrogens is 190 g/mol. The highest BCUT2D eigenvalue weighted by Gasteiger charge is 2.06. The zero-order valence-corrected chi connectivity index (χ0v) is 9.86. The average Bonchev–Trinajstić information content (AvgIpc) is 2.72. The van der Waals surface area contributed by atoms with E-state index in [0.29, 0.717) is 6.04 Å². The minimum atomic E-state index is 0.363. The molecule has 1 heterocycles. The molecule has 0 bridgehead atoms. The SMILES string of the molecule is CCn1cc(C(C)NCCCOC)cn1. The van der Waals surface area contributed by atoms with E-state index in [0.717, 1.165) is 26.1 Å². The number of hydrogen-bond acceptors (Lipinski definition) is 3. The van der Waals surface area contributed by atoms with Gasteiger partial charge in [-0.15, -0.1) is 0 Å². The van der Waals surface area contributed by atoms with Gasteiger partial charge in [-0.2, -0.15) is 5.10 Å². The molecule has 1 unspecified atom stereocenters. The van der Waals surface area contributed by atoms with Gasteiger partial charge in [0.15, 0.2) is 0 Å². The van der Waals surface area contributed by atoms with Gasteiger partial charge in [0.25, 0.3) is 0 Å². The van der Waals surface area contributed by atoms with E-state index in [9.17, 15) is 0 Å². The van der Waals surface area contributed by atoms with Gasteiger partial charge in [-0.05, 0) is 26.8 Å². The maximum Gasteiger partial charge on any atom is 0.0537 e. The van der Waals surface area contributed by atoms with E-state index in [1.807, 2.05) is 10.9 Å². The molecule has 0 fully saturated rings. The third-order valence-electron chi connectivity index (χ3n) is 2.45. The van der Waals surface area contributed by atoms with E-state index in [2.05, 4.69) is 30.5 Å². The van der Waals surface area contributed by atoms with Crippen molar-refractivity contribution in [3.05, 3.63) is 18.0 Å². The fourth-order valence-electron chi connectivity index (χ4n) is 1.43. The normalized spacial score (nSPS) is 13.0. The van der Waals surface area contributed by atoms with Crippen molar-refractivity contribution in [3.63, 3.8) is 0 Å². The molecule has 4 nitrogen and oxygen atoms in total. The topological polar surface area (TPSA) is 39.1 Å². The fraction of sp³-hybridized carbons (Fsp3) is 0.727. The molecule has 0 spiro atoms. The second-order valence-electron chi connectivity index (χ2n) is 3.65. The van der Waals surface area contributed by atoms with Crippen molar-refractivity contribution in [3.8, 4) is 0 Å². The lowest BCUT2D eigenvalue weighted by Gasteiger charge is -2.11. The summed E-state index contributed by atoms with van der Waals surface area (Å²) >= 11 is 0. The van der Waals surface area contributed by atoms with Crippen LogP contribution in [0, 0.1) is 0 Å². The monoisotopic (exact) mass is 211 g/mol. The highest BCUT2D eigenvalue weighted by Crippen LogP contribution is 2.10.